The molecule has 1 aromatic heterocycles. The van der Waals surface area contributed by atoms with E-state index in [0.717, 1.165) is 13.1 Å². The number of para-hydroxylation sites is 1. The van der Waals surface area contributed by atoms with E-state index in [1.807, 2.05) is 30.0 Å². The number of aromatic nitrogens is 1. The van der Waals surface area contributed by atoms with Crippen molar-refractivity contribution < 1.29 is 9.21 Å². The van der Waals surface area contributed by atoms with Crippen molar-refractivity contribution in [1.29, 1.82) is 0 Å². The zero-order valence-corrected chi connectivity index (χ0v) is 12.4. The number of aryl methyl sites for hydroxylation is 2. The molecule has 2 aromatic rings. The van der Waals surface area contributed by atoms with Gasteiger partial charge in [0.25, 0.3) is 5.91 Å². The Morgan fingerprint density at radius 1 is 1.10 bits per heavy atom. The van der Waals surface area contributed by atoms with Gasteiger partial charge >= 0.3 is 0 Å². The summed E-state index contributed by atoms with van der Waals surface area (Å²) in [7, 11) is 0. The summed E-state index contributed by atoms with van der Waals surface area (Å²) >= 11 is 0. The molecule has 2 heterocycles. The lowest BCUT2D eigenvalue weighted by Crippen LogP contribution is -2.48. The second-order valence-electron chi connectivity index (χ2n) is 5.26. The Morgan fingerprint density at radius 2 is 1.76 bits per heavy atom. The number of carbonyl (C=O) groups is 1. The monoisotopic (exact) mass is 285 g/mol. The van der Waals surface area contributed by atoms with Crippen molar-refractivity contribution in [2.45, 2.75) is 13.8 Å². The largest absolute Gasteiger partial charge is 0.436 e. The lowest BCUT2D eigenvalue weighted by molar-refractivity contribution is 0.0712. The van der Waals surface area contributed by atoms with Crippen molar-refractivity contribution in [3.63, 3.8) is 0 Å². The van der Waals surface area contributed by atoms with Crippen LogP contribution in [0.2, 0.25) is 0 Å². The highest BCUT2D eigenvalue weighted by Crippen LogP contribution is 2.18. The van der Waals surface area contributed by atoms with E-state index < -0.39 is 0 Å². The van der Waals surface area contributed by atoms with E-state index in [-0.39, 0.29) is 5.91 Å². The Morgan fingerprint density at radius 3 is 2.33 bits per heavy atom. The molecule has 0 radical (unpaired) electrons. The first-order chi connectivity index (χ1) is 10.1. The van der Waals surface area contributed by atoms with E-state index in [1.165, 1.54) is 5.69 Å². The van der Waals surface area contributed by atoms with Crippen LogP contribution in [-0.4, -0.2) is 42.0 Å². The molecule has 0 atom stereocenters. The standard InChI is InChI=1S/C16H19N3O2/c1-12-15(21-13(2)17-12)16(20)19-10-8-18(9-11-19)14-6-4-3-5-7-14/h3-7H,8-11H2,1-2H3. The van der Waals surface area contributed by atoms with Crippen LogP contribution < -0.4 is 4.90 Å². The Hall–Kier alpha value is -2.30. The van der Waals surface area contributed by atoms with E-state index in [9.17, 15) is 4.79 Å². The molecule has 5 heteroatoms. The number of hydrogen-bond donors (Lipinski definition) is 0. The van der Waals surface area contributed by atoms with Crippen LogP contribution in [0.4, 0.5) is 5.69 Å². The number of benzene rings is 1. The molecular formula is C16H19N3O2. The molecule has 110 valence electrons. The average molecular weight is 285 g/mol. The zero-order valence-electron chi connectivity index (χ0n) is 12.4. The topological polar surface area (TPSA) is 49.6 Å². The maximum absolute atomic E-state index is 12.5. The lowest BCUT2D eigenvalue weighted by Gasteiger charge is -2.35. The normalized spacial score (nSPS) is 15.3. The molecule has 1 aromatic carbocycles. The third kappa shape index (κ3) is 2.77. The van der Waals surface area contributed by atoms with Crippen molar-refractivity contribution in [1.82, 2.24) is 9.88 Å². The Bertz CT molecular complexity index is 628. The number of hydrogen-bond acceptors (Lipinski definition) is 4. The molecule has 21 heavy (non-hydrogen) atoms. The van der Waals surface area contributed by atoms with E-state index >= 15 is 0 Å². The van der Waals surface area contributed by atoms with Gasteiger partial charge in [0.1, 0.15) is 0 Å². The summed E-state index contributed by atoms with van der Waals surface area (Å²) in [5.41, 5.74) is 1.87. The molecule has 1 amide bonds. The third-order valence-electron chi connectivity index (χ3n) is 3.79. The minimum absolute atomic E-state index is 0.0548. The molecule has 0 aliphatic carbocycles. The van der Waals surface area contributed by atoms with Crippen LogP contribution in [0.1, 0.15) is 22.1 Å². The molecule has 5 nitrogen and oxygen atoms in total. The first-order valence-corrected chi connectivity index (χ1v) is 7.18. The first-order valence-electron chi connectivity index (χ1n) is 7.18. The number of nitrogens with zero attached hydrogens (tertiary/aromatic N) is 3. The molecule has 1 saturated heterocycles. The fourth-order valence-electron chi connectivity index (χ4n) is 2.68. The number of piperazine rings is 1. The van der Waals surface area contributed by atoms with Crippen molar-refractivity contribution in [3.8, 4) is 0 Å². The maximum Gasteiger partial charge on any atom is 0.291 e. The van der Waals surface area contributed by atoms with Crippen LogP contribution in [0.25, 0.3) is 0 Å². The molecule has 1 fully saturated rings. The highest BCUT2D eigenvalue weighted by Gasteiger charge is 2.26. The second-order valence-corrected chi connectivity index (χ2v) is 5.26. The predicted molar refractivity (Wildman–Crippen MR) is 80.5 cm³/mol. The highest BCUT2D eigenvalue weighted by molar-refractivity contribution is 5.92. The minimum atomic E-state index is -0.0548. The van der Waals surface area contributed by atoms with Crippen LogP contribution in [0.15, 0.2) is 34.7 Å². The van der Waals surface area contributed by atoms with Gasteiger partial charge in [0.15, 0.2) is 5.89 Å². The third-order valence-corrected chi connectivity index (χ3v) is 3.79. The summed E-state index contributed by atoms with van der Waals surface area (Å²) in [4.78, 5) is 20.7. The number of oxazole rings is 1. The van der Waals surface area contributed by atoms with Gasteiger partial charge in [-0.25, -0.2) is 4.98 Å². The summed E-state index contributed by atoms with van der Waals surface area (Å²) in [6, 6.07) is 10.3. The second kappa shape index (κ2) is 5.60. The summed E-state index contributed by atoms with van der Waals surface area (Å²) in [6.07, 6.45) is 0. The van der Waals surface area contributed by atoms with E-state index in [1.54, 1.807) is 6.92 Å². The molecule has 1 aliphatic rings. The molecule has 0 N–H and O–H groups in total. The van der Waals surface area contributed by atoms with Crippen LogP contribution in [0.5, 0.6) is 0 Å². The summed E-state index contributed by atoms with van der Waals surface area (Å²) in [5, 5.41) is 0. The van der Waals surface area contributed by atoms with Crippen LogP contribution in [0.3, 0.4) is 0 Å². The zero-order chi connectivity index (χ0) is 14.8. The minimum Gasteiger partial charge on any atom is -0.436 e. The van der Waals surface area contributed by atoms with Gasteiger partial charge in [-0.05, 0) is 19.1 Å². The summed E-state index contributed by atoms with van der Waals surface area (Å²) in [6.45, 7) is 6.64. The van der Waals surface area contributed by atoms with Crippen LogP contribution in [-0.2, 0) is 0 Å². The van der Waals surface area contributed by atoms with Crippen molar-refractivity contribution >= 4 is 11.6 Å². The van der Waals surface area contributed by atoms with E-state index in [0.29, 0.717) is 30.4 Å². The average Bonchev–Trinajstić information content (AvgIpc) is 2.86. The lowest BCUT2D eigenvalue weighted by atomic mass is 10.2. The highest BCUT2D eigenvalue weighted by atomic mass is 16.4. The summed E-state index contributed by atoms with van der Waals surface area (Å²) in [5.74, 6) is 0.861. The molecule has 1 aliphatic heterocycles. The van der Waals surface area contributed by atoms with Gasteiger partial charge < -0.3 is 14.2 Å². The number of rotatable bonds is 2. The fraction of sp³-hybridized carbons (Fsp3) is 0.375. The van der Waals surface area contributed by atoms with Crippen LogP contribution in [0, 0.1) is 13.8 Å². The number of anilines is 1. The van der Waals surface area contributed by atoms with Crippen molar-refractivity contribution in [2.75, 3.05) is 31.1 Å². The van der Waals surface area contributed by atoms with Gasteiger partial charge in [-0.15, -0.1) is 0 Å². The van der Waals surface area contributed by atoms with Gasteiger partial charge in [0.2, 0.25) is 5.76 Å². The molecule has 0 spiro atoms. The quantitative estimate of drug-likeness (QED) is 0.849. The first kappa shape index (κ1) is 13.7. The Kier molecular flexibility index (Phi) is 3.64. The number of amides is 1. The number of carbonyl (C=O) groups excluding carboxylic acids is 1. The maximum atomic E-state index is 12.5. The fourth-order valence-corrected chi connectivity index (χ4v) is 2.68. The molecule has 0 saturated carbocycles. The SMILES string of the molecule is Cc1nc(C)c(C(=O)N2CCN(c3ccccc3)CC2)o1. The van der Waals surface area contributed by atoms with E-state index in [2.05, 4.69) is 22.0 Å². The van der Waals surface area contributed by atoms with Gasteiger partial charge in [0, 0.05) is 38.8 Å². The van der Waals surface area contributed by atoms with Crippen molar-refractivity contribution in [3.05, 3.63) is 47.7 Å². The van der Waals surface area contributed by atoms with Gasteiger partial charge in [-0.3, -0.25) is 4.79 Å². The molecule has 3 rings (SSSR count). The predicted octanol–water partition coefficient (Wildman–Crippen LogP) is 2.25. The van der Waals surface area contributed by atoms with Gasteiger partial charge in [-0.2, -0.15) is 0 Å². The smallest absolute Gasteiger partial charge is 0.291 e. The molecule has 0 unspecified atom stereocenters. The molecule has 0 bridgehead atoms. The van der Waals surface area contributed by atoms with E-state index in [4.69, 9.17) is 4.42 Å². The van der Waals surface area contributed by atoms with Gasteiger partial charge in [-0.1, -0.05) is 18.2 Å². The Balaban J connectivity index is 1.66. The van der Waals surface area contributed by atoms with Crippen molar-refractivity contribution in [2.24, 2.45) is 0 Å². The van der Waals surface area contributed by atoms with Gasteiger partial charge in [0.05, 0.1) is 5.69 Å². The Labute approximate surface area is 124 Å². The molecular weight excluding hydrogens is 266 g/mol. The summed E-state index contributed by atoms with van der Waals surface area (Å²) < 4.78 is 5.42. The van der Waals surface area contributed by atoms with Crippen LogP contribution >= 0.6 is 0 Å².